The molecule has 0 spiro atoms. The molecule has 0 aliphatic rings. The Kier molecular flexibility index (Phi) is 8.52. The number of rotatable bonds is 10. The Morgan fingerprint density at radius 3 is 2.74 bits per heavy atom. The maximum Gasteiger partial charge on any atom is 0.0466 e. The second kappa shape index (κ2) is 9.99. The molecule has 1 aromatic carbocycles. The molecule has 1 atom stereocenters. The van der Waals surface area contributed by atoms with E-state index in [1.807, 2.05) is 0 Å². The van der Waals surface area contributed by atoms with Crippen LogP contribution >= 0.6 is 0 Å². The van der Waals surface area contributed by atoms with E-state index in [0.29, 0.717) is 6.04 Å². The zero-order valence-corrected chi connectivity index (χ0v) is 12.7. The van der Waals surface area contributed by atoms with E-state index < -0.39 is 0 Å². The van der Waals surface area contributed by atoms with E-state index in [1.165, 1.54) is 24.0 Å². The summed E-state index contributed by atoms with van der Waals surface area (Å²) in [7, 11) is 0. The molecular formula is C17H29NO. The third-order valence-electron chi connectivity index (χ3n) is 3.33. The number of ether oxygens (including phenoxy) is 1. The summed E-state index contributed by atoms with van der Waals surface area (Å²) < 4.78 is 5.43. The first-order chi connectivity index (χ1) is 9.31. The Morgan fingerprint density at radius 2 is 2.05 bits per heavy atom. The zero-order chi connectivity index (χ0) is 13.9. The van der Waals surface area contributed by atoms with Gasteiger partial charge in [0, 0.05) is 19.3 Å². The number of benzene rings is 1. The van der Waals surface area contributed by atoms with E-state index in [0.717, 1.165) is 32.6 Å². The molecule has 2 heteroatoms. The number of hydrogen-bond acceptors (Lipinski definition) is 2. The topological polar surface area (TPSA) is 21.3 Å². The van der Waals surface area contributed by atoms with E-state index >= 15 is 0 Å². The molecular weight excluding hydrogens is 234 g/mol. The minimum atomic E-state index is 0.460. The smallest absolute Gasteiger partial charge is 0.0466 e. The Bertz CT molecular complexity index is 338. The largest absolute Gasteiger partial charge is 0.382 e. The highest BCUT2D eigenvalue weighted by Gasteiger charge is 2.10. The van der Waals surface area contributed by atoms with Crippen molar-refractivity contribution in [1.82, 2.24) is 5.32 Å². The average molecular weight is 263 g/mol. The Labute approximate surface area is 118 Å². The monoisotopic (exact) mass is 263 g/mol. The average Bonchev–Trinajstić information content (AvgIpc) is 2.43. The molecule has 0 fully saturated rings. The van der Waals surface area contributed by atoms with Crippen molar-refractivity contribution < 1.29 is 4.74 Å². The standard InChI is InChI=1S/C17H29NO/c1-4-9-15-10-7-11-16(14-15)17(18-5-2)12-8-13-19-6-3/h7,10-11,14,17-18H,4-6,8-9,12-13H2,1-3H3. The van der Waals surface area contributed by atoms with Gasteiger partial charge in [-0.15, -0.1) is 0 Å². The van der Waals surface area contributed by atoms with E-state index in [9.17, 15) is 0 Å². The van der Waals surface area contributed by atoms with Crippen molar-refractivity contribution in [2.24, 2.45) is 0 Å². The molecule has 0 saturated heterocycles. The predicted octanol–water partition coefficient (Wildman–Crippen LogP) is 4.11. The summed E-state index contributed by atoms with van der Waals surface area (Å²) in [5.74, 6) is 0. The fraction of sp³-hybridized carbons (Fsp3) is 0.647. The van der Waals surface area contributed by atoms with Gasteiger partial charge in [-0.05, 0) is 43.9 Å². The molecule has 0 amide bonds. The molecule has 0 bridgehead atoms. The van der Waals surface area contributed by atoms with Crippen molar-refractivity contribution in [2.45, 2.75) is 52.5 Å². The Balaban J connectivity index is 2.60. The molecule has 0 saturated carbocycles. The van der Waals surface area contributed by atoms with Gasteiger partial charge in [-0.1, -0.05) is 44.5 Å². The van der Waals surface area contributed by atoms with Gasteiger partial charge in [0.25, 0.3) is 0 Å². The molecule has 0 heterocycles. The second-order valence-electron chi connectivity index (χ2n) is 4.94. The van der Waals surface area contributed by atoms with Gasteiger partial charge in [0.1, 0.15) is 0 Å². The van der Waals surface area contributed by atoms with E-state index in [4.69, 9.17) is 4.74 Å². The minimum absolute atomic E-state index is 0.460. The van der Waals surface area contributed by atoms with Crippen LogP contribution in [-0.4, -0.2) is 19.8 Å². The van der Waals surface area contributed by atoms with Gasteiger partial charge in [-0.3, -0.25) is 0 Å². The molecule has 0 aromatic heterocycles. The van der Waals surface area contributed by atoms with Crippen LogP contribution in [0.5, 0.6) is 0 Å². The maximum absolute atomic E-state index is 5.43. The van der Waals surface area contributed by atoms with Gasteiger partial charge in [-0.2, -0.15) is 0 Å². The van der Waals surface area contributed by atoms with Gasteiger partial charge in [0.15, 0.2) is 0 Å². The third kappa shape index (κ3) is 6.22. The van der Waals surface area contributed by atoms with Crippen molar-refractivity contribution in [3.8, 4) is 0 Å². The van der Waals surface area contributed by atoms with Crippen LogP contribution in [0.3, 0.4) is 0 Å². The van der Waals surface area contributed by atoms with E-state index in [-0.39, 0.29) is 0 Å². The quantitative estimate of drug-likeness (QED) is 0.642. The molecule has 0 aliphatic heterocycles. The van der Waals surface area contributed by atoms with Crippen LogP contribution in [0.25, 0.3) is 0 Å². The van der Waals surface area contributed by atoms with Gasteiger partial charge in [0.05, 0.1) is 0 Å². The highest BCUT2D eigenvalue weighted by molar-refractivity contribution is 5.26. The van der Waals surface area contributed by atoms with Gasteiger partial charge >= 0.3 is 0 Å². The first-order valence-electron chi connectivity index (χ1n) is 7.71. The van der Waals surface area contributed by atoms with Crippen molar-refractivity contribution in [2.75, 3.05) is 19.8 Å². The van der Waals surface area contributed by atoms with Crippen LogP contribution in [0.15, 0.2) is 24.3 Å². The van der Waals surface area contributed by atoms with Crippen molar-refractivity contribution in [3.63, 3.8) is 0 Å². The highest BCUT2D eigenvalue weighted by Crippen LogP contribution is 2.20. The maximum atomic E-state index is 5.43. The Morgan fingerprint density at radius 1 is 1.21 bits per heavy atom. The lowest BCUT2D eigenvalue weighted by Crippen LogP contribution is -2.21. The SMILES string of the molecule is CCCc1cccc(C(CCCOCC)NCC)c1. The Hall–Kier alpha value is -0.860. The normalized spacial score (nSPS) is 12.6. The van der Waals surface area contributed by atoms with Crippen LogP contribution in [0, 0.1) is 0 Å². The van der Waals surface area contributed by atoms with Gasteiger partial charge < -0.3 is 10.1 Å². The predicted molar refractivity (Wildman–Crippen MR) is 82.6 cm³/mol. The van der Waals surface area contributed by atoms with Gasteiger partial charge in [-0.25, -0.2) is 0 Å². The molecule has 1 rings (SSSR count). The number of aryl methyl sites for hydroxylation is 1. The number of nitrogens with one attached hydrogen (secondary N) is 1. The molecule has 1 aromatic rings. The lowest BCUT2D eigenvalue weighted by atomic mass is 9.98. The van der Waals surface area contributed by atoms with Crippen molar-refractivity contribution in [3.05, 3.63) is 35.4 Å². The summed E-state index contributed by atoms with van der Waals surface area (Å²) in [4.78, 5) is 0. The summed E-state index contributed by atoms with van der Waals surface area (Å²) in [6.07, 6.45) is 4.64. The van der Waals surface area contributed by atoms with Crippen LogP contribution in [0.4, 0.5) is 0 Å². The highest BCUT2D eigenvalue weighted by atomic mass is 16.5. The van der Waals surface area contributed by atoms with Crippen LogP contribution < -0.4 is 5.32 Å². The number of hydrogen-bond donors (Lipinski definition) is 1. The first kappa shape index (κ1) is 16.2. The first-order valence-corrected chi connectivity index (χ1v) is 7.71. The molecule has 1 unspecified atom stereocenters. The lowest BCUT2D eigenvalue weighted by Gasteiger charge is -2.19. The molecule has 2 nitrogen and oxygen atoms in total. The fourth-order valence-electron chi connectivity index (χ4n) is 2.42. The van der Waals surface area contributed by atoms with E-state index in [2.05, 4.69) is 50.4 Å². The molecule has 108 valence electrons. The third-order valence-corrected chi connectivity index (χ3v) is 3.33. The summed E-state index contributed by atoms with van der Waals surface area (Å²) in [6.45, 7) is 9.15. The minimum Gasteiger partial charge on any atom is -0.382 e. The van der Waals surface area contributed by atoms with Crippen molar-refractivity contribution >= 4 is 0 Å². The van der Waals surface area contributed by atoms with Crippen LogP contribution in [0.1, 0.15) is 57.2 Å². The summed E-state index contributed by atoms with van der Waals surface area (Å²) in [5.41, 5.74) is 2.87. The molecule has 1 N–H and O–H groups in total. The summed E-state index contributed by atoms with van der Waals surface area (Å²) in [6, 6.07) is 9.48. The zero-order valence-electron chi connectivity index (χ0n) is 12.7. The van der Waals surface area contributed by atoms with Gasteiger partial charge in [0.2, 0.25) is 0 Å². The lowest BCUT2D eigenvalue weighted by molar-refractivity contribution is 0.141. The van der Waals surface area contributed by atoms with Crippen LogP contribution in [0.2, 0.25) is 0 Å². The van der Waals surface area contributed by atoms with Crippen molar-refractivity contribution in [1.29, 1.82) is 0 Å². The second-order valence-corrected chi connectivity index (χ2v) is 4.94. The molecule has 19 heavy (non-hydrogen) atoms. The van der Waals surface area contributed by atoms with E-state index in [1.54, 1.807) is 0 Å². The fourth-order valence-corrected chi connectivity index (χ4v) is 2.42. The summed E-state index contributed by atoms with van der Waals surface area (Å²) >= 11 is 0. The molecule has 0 radical (unpaired) electrons. The summed E-state index contributed by atoms with van der Waals surface area (Å²) in [5, 5.41) is 3.59. The van der Waals surface area contributed by atoms with Crippen LogP contribution in [-0.2, 0) is 11.2 Å². The molecule has 0 aliphatic carbocycles.